The van der Waals surface area contributed by atoms with Crippen LogP contribution < -0.4 is 4.72 Å². The molecule has 1 heterocycles. The molecule has 0 saturated heterocycles. The van der Waals surface area contributed by atoms with E-state index in [0.29, 0.717) is 5.56 Å². The summed E-state index contributed by atoms with van der Waals surface area (Å²) in [5.41, 5.74) is 3.69. The number of benzene rings is 1. The predicted octanol–water partition coefficient (Wildman–Crippen LogP) is 2.59. The number of hydrogen-bond acceptors (Lipinski definition) is 4. The lowest BCUT2D eigenvalue weighted by Gasteiger charge is -2.10. The third-order valence-electron chi connectivity index (χ3n) is 3.45. The summed E-state index contributed by atoms with van der Waals surface area (Å²) in [5, 5.41) is 13.3. The van der Waals surface area contributed by atoms with Gasteiger partial charge in [-0.05, 0) is 58.5 Å². The maximum Gasteiger partial charge on any atom is 0.240 e. The van der Waals surface area contributed by atoms with Gasteiger partial charge in [0.2, 0.25) is 10.0 Å². The summed E-state index contributed by atoms with van der Waals surface area (Å²) in [4.78, 5) is 0.191. The van der Waals surface area contributed by atoms with Crippen molar-refractivity contribution in [3.8, 4) is 0 Å². The molecule has 0 aliphatic carbocycles. The van der Waals surface area contributed by atoms with Crippen LogP contribution in [0.15, 0.2) is 33.9 Å². The first-order chi connectivity index (χ1) is 9.97. The molecular weight excluding hydrogens is 306 g/mol. The molecule has 0 saturated carbocycles. The number of rotatable bonds is 6. The van der Waals surface area contributed by atoms with Crippen molar-refractivity contribution < 1.29 is 13.5 Å². The van der Waals surface area contributed by atoms with Crippen molar-refractivity contribution in [2.75, 3.05) is 0 Å². The van der Waals surface area contributed by atoms with E-state index in [2.05, 4.69) is 4.72 Å². The summed E-state index contributed by atoms with van der Waals surface area (Å²) in [6.45, 7) is 4.05. The van der Waals surface area contributed by atoms with E-state index in [1.165, 1.54) is 0 Å². The van der Waals surface area contributed by atoms with Crippen molar-refractivity contribution in [3.63, 3.8) is 0 Å². The minimum atomic E-state index is -3.57. The fraction of sp³-hybridized carbons (Fsp3) is 0.333. The highest BCUT2D eigenvalue weighted by atomic mass is 32.2. The Balaban J connectivity index is 2.21. The van der Waals surface area contributed by atoms with Crippen LogP contribution in [0.1, 0.15) is 29.2 Å². The summed E-state index contributed by atoms with van der Waals surface area (Å²) in [7, 11) is -3.57. The molecule has 2 N–H and O–H groups in total. The Morgan fingerprint density at radius 1 is 1.19 bits per heavy atom. The van der Waals surface area contributed by atoms with Gasteiger partial charge in [0, 0.05) is 6.54 Å². The van der Waals surface area contributed by atoms with Gasteiger partial charge in [0.05, 0.1) is 11.5 Å². The molecule has 0 aliphatic rings. The molecule has 21 heavy (non-hydrogen) atoms. The molecule has 0 radical (unpaired) electrons. The Bertz CT molecular complexity index is 720. The maximum atomic E-state index is 12.3. The standard InChI is InChI=1S/C15H19NO3S2/c1-3-12-4-5-15(6-13(12)8-17)21(18,19)16-7-14-10-20-9-11(14)2/h4-6,9-10,16-17H,3,7-8H2,1-2H3. The van der Waals surface area contributed by atoms with Gasteiger partial charge in [0.25, 0.3) is 0 Å². The second kappa shape index (κ2) is 6.70. The van der Waals surface area contributed by atoms with Crippen LogP contribution in [0.4, 0.5) is 0 Å². The van der Waals surface area contributed by atoms with E-state index in [9.17, 15) is 13.5 Å². The van der Waals surface area contributed by atoms with Gasteiger partial charge in [0.1, 0.15) is 0 Å². The van der Waals surface area contributed by atoms with Crippen molar-refractivity contribution in [1.29, 1.82) is 0 Å². The molecule has 6 heteroatoms. The van der Waals surface area contributed by atoms with Crippen LogP contribution >= 0.6 is 11.3 Å². The number of thiophene rings is 1. The molecule has 0 amide bonds. The highest BCUT2D eigenvalue weighted by molar-refractivity contribution is 7.89. The van der Waals surface area contributed by atoms with E-state index in [0.717, 1.165) is 23.1 Å². The second-order valence-corrected chi connectivity index (χ2v) is 7.36. The van der Waals surface area contributed by atoms with Gasteiger partial charge in [-0.3, -0.25) is 0 Å². The average Bonchev–Trinajstić information content (AvgIpc) is 2.89. The van der Waals surface area contributed by atoms with Crippen molar-refractivity contribution in [2.45, 2.75) is 38.3 Å². The molecule has 0 unspecified atom stereocenters. The van der Waals surface area contributed by atoms with E-state index in [-0.39, 0.29) is 18.0 Å². The SMILES string of the molecule is CCc1ccc(S(=O)(=O)NCc2cscc2C)cc1CO. The van der Waals surface area contributed by atoms with Crippen LogP contribution in [-0.2, 0) is 29.6 Å². The van der Waals surface area contributed by atoms with Gasteiger partial charge < -0.3 is 5.11 Å². The lowest BCUT2D eigenvalue weighted by atomic mass is 10.1. The van der Waals surface area contributed by atoms with Gasteiger partial charge in [0.15, 0.2) is 0 Å². The van der Waals surface area contributed by atoms with Gasteiger partial charge in [-0.1, -0.05) is 13.0 Å². The predicted molar refractivity (Wildman–Crippen MR) is 84.8 cm³/mol. The smallest absolute Gasteiger partial charge is 0.240 e. The van der Waals surface area contributed by atoms with E-state index in [1.807, 2.05) is 24.6 Å². The van der Waals surface area contributed by atoms with E-state index in [1.54, 1.807) is 29.5 Å². The molecule has 4 nitrogen and oxygen atoms in total. The van der Waals surface area contributed by atoms with Crippen LogP contribution in [-0.4, -0.2) is 13.5 Å². The Kier molecular flexibility index (Phi) is 5.16. The Morgan fingerprint density at radius 2 is 1.95 bits per heavy atom. The largest absolute Gasteiger partial charge is 0.392 e. The number of aliphatic hydroxyl groups excluding tert-OH is 1. The Morgan fingerprint density at radius 3 is 2.52 bits per heavy atom. The number of nitrogens with one attached hydrogen (secondary N) is 1. The molecule has 1 aromatic carbocycles. The maximum absolute atomic E-state index is 12.3. The van der Waals surface area contributed by atoms with Crippen molar-refractivity contribution in [1.82, 2.24) is 4.72 Å². The summed E-state index contributed by atoms with van der Waals surface area (Å²) in [6, 6.07) is 4.89. The quantitative estimate of drug-likeness (QED) is 0.858. The number of aliphatic hydroxyl groups is 1. The molecule has 2 rings (SSSR count). The van der Waals surface area contributed by atoms with Crippen LogP contribution in [0.2, 0.25) is 0 Å². The van der Waals surface area contributed by atoms with Crippen molar-refractivity contribution >= 4 is 21.4 Å². The summed E-state index contributed by atoms with van der Waals surface area (Å²) >= 11 is 1.56. The third-order valence-corrected chi connectivity index (χ3v) is 5.76. The van der Waals surface area contributed by atoms with Gasteiger partial charge in [-0.25, -0.2) is 13.1 Å². The van der Waals surface area contributed by atoms with Gasteiger partial charge in [-0.15, -0.1) is 0 Å². The summed E-state index contributed by atoms with van der Waals surface area (Å²) in [6.07, 6.45) is 0.762. The first-order valence-corrected chi connectivity index (χ1v) is 9.14. The zero-order valence-electron chi connectivity index (χ0n) is 12.1. The normalized spacial score (nSPS) is 11.8. The average molecular weight is 325 g/mol. The highest BCUT2D eigenvalue weighted by Crippen LogP contribution is 2.18. The zero-order valence-corrected chi connectivity index (χ0v) is 13.7. The zero-order chi connectivity index (χ0) is 15.5. The van der Waals surface area contributed by atoms with Gasteiger partial charge in [-0.2, -0.15) is 11.3 Å². The van der Waals surface area contributed by atoms with Gasteiger partial charge >= 0.3 is 0 Å². The highest BCUT2D eigenvalue weighted by Gasteiger charge is 2.16. The molecule has 0 bridgehead atoms. The van der Waals surface area contributed by atoms with Crippen LogP contribution in [0.25, 0.3) is 0 Å². The second-order valence-electron chi connectivity index (χ2n) is 4.85. The van der Waals surface area contributed by atoms with Crippen LogP contribution in [0.3, 0.4) is 0 Å². The number of hydrogen-bond donors (Lipinski definition) is 2. The molecule has 114 valence electrons. The first-order valence-electron chi connectivity index (χ1n) is 6.72. The van der Waals surface area contributed by atoms with Crippen molar-refractivity contribution in [3.05, 3.63) is 51.2 Å². The minimum absolute atomic E-state index is 0.157. The minimum Gasteiger partial charge on any atom is -0.392 e. The number of sulfonamides is 1. The lowest BCUT2D eigenvalue weighted by Crippen LogP contribution is -2.23. The van der Waals surface area contributed by atoms with Crippen LogP contribution in [0.5, 0.6) is 0 Å². The lowest BCUT2D eigenvalue weighted by molar-refractivity contribution is 0.280. The van der Waals surface area contributed by atoms with E-state index >= 15 is 0 Å². The van der Waals surface area contributed by atoms with E-state index < -0.39 is 10.0 Å². The monoisotopic (exact) mass is 325 g/mol. The first kappa shape index (κ1) is 16.2. The third kappa shape index (κ3) is 3.71. The van der Waals surface area contributed by atoms with Crippen molar-refractivity contribution in [2.24, 2.45) is 0 Å². The molecule has 0 aliphatic heterocycles. The molecule has 2 aromatic rings. The fourth-order valence-electron chi connectivity index (χ4n) is 2.09. The molecule has 1 aromatic heterocycles. The molecule has 0 atom stereocenters. The molecular formula is C15H19NO3S2. The number of aryl methyl sites for hydroxylation is 2. The summed E-state index contributed by atoms with van der Waals surface area (Å²) in [5.74, 6) is 0. The molecule has 0 spiro atoms. The Hall–Kier alpha value is -1.21. The fourth-order valence-corrected chi connectivity index (χ4v) is 4.00. The van der Waals surface area contributed by atoms with Crippen LogP contribution in [0, 0.1) is 6.92 Å². The topological polar surface area (TPSA) is 66.4 Å². The Labute approximate surface area is 129 Å². The molecule has 0 fully saturated rings. The van der Waals surface area contributed by atoms with E-state index in [4.69, 9.17) is 0 Å². The summed E-state index contributed by atoms with van der Waals surface area (Å²) < 4.78 is 27.2.